The molecule has 116 valence electrons. The van der Waals surface area contributed by atoms with Gasteiger partial charge in [0.05, 0.1) is 6.04 Å². The van der Waals surface area contributed by atoms with Crippen LogP contribution >= 0.6 is 0 Å². The summed E-state index contributed by atoms with van der Waals surface area (Å²) in [7, 11) is 0. The number of carbonyl (C=O) groups is 1. The first-order chi connectivity index (χ1) is 10.1. The number of rotatable bonds is 3. The predicted octanol–water partition coefficient (Wildman–Crippen LogP) is 3.73. The molecule has 0 unspecified atom stereocenters. The van der Waals surface area contributed by atoms with Gasteiger partial charge in [-0.3, -0.25) is 9.69 Å². The Morgan fingerprint density at radius 1 is 1.19 bits per heavy atom. The zero-order chi connectivity index (χ0) is 15.2. The summed E-state index contributed by atoms with van der Waals surface area (Å²) < 4.78 is 13.5. The highest BCUT2D eigenvalue weighted by Crippen LogP contribution is 2.16. The van der Waals surface area contributed by atoms with Crippen LogP contribution in [-0.2, 0) is 4.79 Å². The summed E-state index contributed by atoms with van der Waals surface area (Å²) in [5.74, 6) is -0.342. The van der Waals surface area contributed by atoms with Gasteiger partial charge in [0.25, 0.3) is 0 Å². The van der Waals surface area contributed by atoms with Crippen LogP contribution in [0.4, 0.5) is 10.1 Å². The number of likely N-dealkylation sites (tertiary alicyclic amines) is 1. The fourth-order valence-electron chi connectivity index (χ4n) is 2.74. The van der Waals surface area contributed by atoms with Gasteiger partial charge >= 0.3 is 0 Å². The molecule has 1 atom stereocenters. The van der Waals surface area contributed by atoms with Crippen molar-refractivity contribution in [1.29, 1.82) is 0 Å². The van der Waals surface area contributed by atoms with E-state index in [2.05, 4.69) is 10.2 Å². The van der Waals surface area contributed by atoms with Crippen LogP contribution in [0.25, 0.3) is 0 Å². The molecule has 4 heteroatoms. The normalized spacial score (nSPS) is 18.6. The van der Waals surface area contributed by atoms with Crippen LogP contribution in [0.2, 0.25) is 0 Å². The zero-order valence-corrected chi connectivity index (χ0v) is 13.0. The molecule has 1 N–H and O–H groups in total. The Labute approximate surface area is 126 Å². The molecule has 1 heterocycles. The van der Waals surface area contributed by atoms with Gasteiger partial charge in [-0.15, -0.1) is 0 Å². The van der Waals surface area contributed by atoms with Crippen molar-refractivity contribution >= 4 is 11.6 Å². The smallest absolute Gasteiger partial charge is 0.241 e. The van der Waals surface area contributed by atoms with E-state index in [4.69, 9.17) is 0 Å². The molecule has 1 aliphatic rings. The van der Waals surface area contributed by atoms with Gasteiger partial charge in [-0.25, -0.2) is 4.39 Å². The van der Waals surface area contributed by atoms with Crippen molar-refractivity contribution in [2.45, 2.75) is 52.0 Å². The number of carbonyl (C=O) groups excluding carboxylic acids is 1. The lowest BCUT2D eigenvalue weighted by Gasteiger charge is -2.29. The molecule has 1 aromatic rings. The van der Waals surface area contributed by atoms with E-state index in [9.17, 15) is 9.18 Å². The lowest BCUT2D eigenvalue weighted by Crippen LogP contribution is -2.43. The van der Waals surface area contributed by atoms with Crippen molar-refractivity contribution in [2.24, 2.45) is 0 Å². The minimum absolute atomic E-state index is 0.0566. The van der Waals surface area contributed by atoms with Gasteiger partial charge in [-0.2, -0.15) is 0 Å². The first-order valence-corrected chi connectivity index (χ1v) is 7.89. The second-order valence-corrected chi connectivity index (χ2v) is 5.93. The summed E-state index contributed by atoms with van der Waals surface area (Å²) in [6.07, 6.45) is 6.09. The third-order valence-electron chi connectivity index (χ3n) is 4.26. The molecule has 0 radical (unpaired) electrons. The summed E-state index contributed by atoms with van der Waals surface area (Å²) in [6.45, 7) is 5.58. The SMILES string of the molecule is Cc1ccc(NC(=O)[C@H](C)N2CCCCCCC2)cc1F. The van der Waals surface area contributed by atoms with E-state index < -0.39 is 0 Å². The van der Waals surface area contributed by atoms with Crippen LogP contribution in [0.1, 0.15) is 44.6 Å². The zero-order valence-electron chi connectivity index (χ0n) is 13.0. The third kappa shape index (κ3) is 4.53. The topological polar surface area (TPSA) is 32.3 Å². The molecule has 0 spiro atoms. The maximum absolute atomic E-state index is 13.5. The number of amides is 1. The lowest BCUT2D eigenvalue weighted by atomic mass is 10.1. The molecule has 0 aliphatic carbocycles. The minimum Gasteiger partial charge on any atom is -0.325 e. The Balaban J connectivity index is 1.95. The van der Waals surface area contributed by atoms with E-state index in [1.165, 1.54) is 25.3 Å². The van der Waals surface area contributed by atoms with E-state index >= 15 is 0 Å². The number of benzene rings is 1. The average Bonchev–Trinajstić information content (AvgIpc) is 2.42. The largest absolute Gasteiger partial charge is 0.325 e. The van der Waals surface area contributed by atoms with Crippen LogP contribution < -0.4 is 5.32 Å². The van der Waals surface area contributed by atoms with E-state index in [0.29, 0.717) is 11.3 Å². The summed E-state index contributed by atoms with van der Waals surface area (Å²) in [5, 5.41) is 2.82. The highest BCUT2D eigenvalue weighted by molar-refractivity contribution is 5.94. The Kier molecular flexibility index (Phi) is 5.74. The Morgan fingerprint density at radius 3 is 2.43 bits per heavy atom. The molecule has 1 aliphatic heterocycles. The van der Waals surface area contributed by atoms with Gasteiger partial charge in [0.2, 0.25) is 5.91 Å². The molecular weight excluding hydrogens is 267 g/mol. The number of halogens is 1. The number of nitrogens with one attached hydrogen (secondary N) is 1. The Bertz CT molecular complexity index is 482. The fraction of sp³-hybridized carbons (Fsp3) is 0.588. The second-order valence-electron chi connectivity index (χ2n) is 5.93. The van der Waals surface area contributed by atoms with Crippen LogP contribution in [-0.4, -0.2) is 29.9 Å². The molecule has 1 saturated heterocycles. The quantitative estimate of drug-likeness (QED) is 0.920. The summed E-state index contributed by atoms with van der Waals surface area (Å²) in [5.41, 5.74) is 1.12. The van der Waals surface area contributed by atoms with E-state index in [0.717, 1.165) is 25.9 Å². The average molecular weight is 292 g/mol. The number of aryl methyl sites for hydroxylation is 1. The fourth-order valence-corrected chi connectivity index (χ4v) is 2.74. The molecule has 21 heavy (non-hydrogen) atoms. The minimum atomic E-state index is -0.285. The molecule has 3 nitrogen and oxygen atoms in total. The molecule has 1 fully saturated rings. The van der Waals surface area contributed by atoms with Gasteiger partial charge in [-0.05, 0) is 57.5 Å². The van der Waals surface area contributed by atoms with Crippen LogP contribution in [0, 0.1) is 12.7 Å². The molecule has 0 bridgehead atoms. The molecule has 1 aromatic carbocycles. The van der Waals surface area contributed by atoms with Gasteiger partial charge < -0.3 is 5.32 Å². The van der Waals surface area contributed by atoms with Crippen LogP contribution in [0.5, 0.6) is 0 Å². The van der Waals surface area contributed by atoms with E-state index in [1.807, 2.05) is 6.92 Å². The monoisotopic (exact) mass is 292 g/mol. The lowest BCUT2D eigenvalue weighted by molar-refractivity contribution is -0.120. The van der Waals surface area contributed by atoms with Crippen molar-refractivity contribution in [2.75, 3.05) is 18.4 Å². The van der Waals surface area contributed by atoms with E-state index in [1.54, 1.807) is 19.1 Å². The predicted molar refractivity (Wildman–Crippen MR) is 83.9 cm³/mol. The number of hydrogen-bond donors (Lipinski definition) is 1. The highest BCUT2D eigenvalue weighted by Gasteiger charge is 2.21. The summed E-state index contributed by atoms with van der Waals surface area (Å²) >= 11 is 0. The second kappa shape index (κ2) is 7.55. The van der Waals surface area contributed by atoms with Gasteiger partial charge in [0.15, 0.2) is 0 Å². The number of nitrogens with zero attached hydrogens (tertiary/aromatic N) is 1. The van der Waals surface area contributed by atoms with Crippen molar-refractivity contribution in [3.63, 3.8) is 0 Å². The third-order valence-corrected chi connectivity index (χ3v) is 4.26. The Hall–Kier alpha value is -1.42. The highest BCUT2D eigenvalue weighted by atomic mass is 19.1. The van der Waals surface area contributed by atoms with Gasteiger partial charge in [0.1, 0.15) is 5.82 Å². The van der Waals surface area contributed by atoms with Gasteiger partial charge in [-0.1, -0.05) is 25.3 Å². The number of anilines is 1. The summed E-state index contributed by atoms with van der Waals surface area (Å²) in [6, 6.07) is 4.64. The first kappa shape index (κ1) is 16.0. The maximum atomic E-state index is 13.5. The molecule has 2 rings (SSSR count). The van der Waals surface area contributed by atoms with Crippen molar-refractivity contribution in [1.82, 2.24) is 4.90 Å². The Morgan fingerprint density at radius 2 is 1.81 bits per heavy atom. The standard InChI is InChI=1S/C17H25FN2O/c1-13-8-9-15(12-16(13)18)19-17(21)14(2)20-10-6-4-3-5-7-11-20/h8-9,12,14H,3-7,10-11H2,1-2H3,(H,19,21)/t14-/m0/s1. The van der Waals surface area contributed by atoms with Crippen molar-refractivity contribution in [3.8, 4) is 0 Å². The molecular formula is C17H25FN2O. The van der Waals surface area contributed by atoms with Crippen molar-refractivity contribution in [3.05, 3.63) is 29.6 Å². The molecule has 1 amide bonds. The maximum Gasteiger partial charge on any atom is 0.241 e. The van der Waals surface area contributed by atoms with Crippen molar-refractivity contribution < 1.29 is 9.18 Å². The van der Waals surface area contributed by atoms with Crippen LogP contribution in [0.3, 0.4) is 0 Å². The first-order valence-electron chi connectivity index (χ1n) is 7.89. The van der Waals surface area contributed by atoms with Crippen LogP contribution in [0.15, 0.2) is 18.2 Å². The van der Waals surface area contributed by atoms with Gasteiger partial charge in [0, 0.05) is 5.69 Å². The number of hydrogen-bond acceptors (Lipinski definition) is 2. The summed E-state index contributed by atoms with van der Waals surface area (Å²) in [4.78, 5) is 14.6. The van der Waals surface area contributed by atoms with E-state index in [-0.39, 0.29) is 17.8 Å². The molecule has 0 aromatic heterocycles. The molecule has 0 saturated carbocycles.